The van der Waals surface area contributed by atoms with Crippen LogP contribution >= 0.6 is 11.6 Å². The van der Waals surface area contributed by atoms with Crippen LogP contribution in [0.2, 0.25) is 5.02 Å². The first-order chi connectivity index (χ1) is 18.3. The second kappa shape index (κ2) is 11.2. The Kier molecular flexibility index (Phi) is 7.70. The number of amides is 2. The highest BCUT2D eigenvalue weighted by molar-refractivity contribution is 6.30. The Hall–Kier alpha value is -3.39. The molecule has 5 rings (SSSR count). The maximum Gasteiger partial charge on any atom is 0.243 e. The molecule has 0 bridgehead atoms. The van der Waals surface area contributed by atoms with Crippen molar-refractivity contribution in [1.82, 2.24) is 14.8 Å². The summed E-state index contributed by atoms with van der Waals surface area (Å²) in [7, 11) is 0. The molecule has 1 atom stereocenters. The summed E-state index contributed by atoms with van der Waals surface area (Å²) in [4.78, 5) is 40.2. The molecule has 9 heteroatoms. The molecular formula is C29H31ClFN3O4. The first-order valence-corrected chi connectivity index (χ1v) is 13.5. The minimum Gasteiger partial charge on any atom is -0.494 e. The summed E-state index contributed by atoms with van der Waals surface area (Å²) in [5.41, 5.74) is 1.56. The van der Waals surface area contributed by atoms with Crippen LogP contribution in [0.25, 0.3) is 10.9 Å². The number of ketones is 1. The third kappa shape index (κ3) is 5.70. The topological polar surface area (TPSA) is 80.6 Å². The average Bonchev–Trinajstić information content (AvgIpc) is 3.45. The van der Waals surface area contributed by atoms with E-state index in [1.807, 2.05) is 18.2 Å². The van der Waals surface area contributed by atoms with Crippen LogP contribution in [0.3, 0.4) is 0 Å². The van der Waals surface area contributed by atoms with Crippen molar-refractivity contribution < 1.29 is 23.5 Å². The maximum atomic E-state index is 14.2. The summed E-state index contributed by atoms with van der Waals surface area (Å²) in [6, 6.07) is 9.59. The van der Waals surface area contributed by atoms with Crippen molar-refractivity contribution in [3.05, 3.63) is 64.6 Å². The van der Waals surface area contributed by atoms with Gasteiger partial charge in [0.1, 0.15) is 24.2 Å². The molecule has 2 aromatic carbocycles. The Morgan fingerprint density at radius 2 is 1.97 bits per heavy atom. The average molecular weight is 540 g/mol. The summed E-state index contributed by atoms with van der Waals surface area (Å²) in [6.07, 6.45) is 6.48. The molecule has 2 amide bonds. The fourth-order valence-corrected chi connectivity index (χ4v) is 5.28. The fraction of sp³-hybridized carbons (Fsp3) is 0.414. The Morgan fingerprint density at radius 3 is 2.74 bits per heavy atom. The van der Waals surface area contributed by atoms with E-state index >= 15 is 0 Å². The molecule has 1 aliphatic carbocycles. The summed E-state index contributed by atoms with van der Waals surface area (Å²) in [6.45, 7) is 2.57. The third-order valence-electron chi connectivity index (χ3n) is 7.39. The normalized spacial score (nSPS) is 17.1. The lowest BCUT2D eigenvalue weighted by Crippen LogP contribution is -2.46. The van der Waals surface area contributed by atoms with Crippen molar-refractivity contribution in [2.45, 2.75) is 58.2 Å². The number of carbonyl (C=O) groups is 3. The monoisotopic (exact) mass is 539 g/mol. The Balaban J connectivity index is 1.29. The first-order valence-electron chi connectivity index (χ1n) is 13.1. The molecule has 3 aromatic rings. The number of aromatic nitrogens is 1. The quantitative estimate of drug-likeness (QED) is 0.362. The van der Waals surface area contributed by atoms with Crippen LogP contribution in [0.5, 0.6) is 5.75 Å². The molecule has 38 heavy (non-hydrogen) atoms. The second-order valence-electron chi connectivity index (χ2n) is 10.2. The van der Waals surface area contributed by atoms with Gasteiger partial charge < -0.3 is 19.5 Å². The molecule has 1 saturated carbocycles. The highest BCUT2D eigenvalue weighted by Crippen LogP contribution is 2.33. The van der Waals surface area contributed by atoms with Gasteiger partial charge in [-0.05, 0) is 50.3 Å². The lowest BCUT2D eigenvalue weighted by atomic mass is 10.1. The molecule has 2 heterocycles. The van der Waals surface area contributed by atoms with E-state index in [9.17, 15) is 18.8 Å². The van der Waals surface area contributed by atoms with Gasteiger partial charge in [0.25, 0.3) is 0 Å². The summed E-state index contributed by atoms with van der Waals surface area (Å²) < 4.78 is 21.9. The standard InChI is InChI=1S/C29H31ClFN3O4/c1-18(35)23-16-33(26-14-21(9-10-22(23)26)38-13-11-19-7-8-19)17-27(36)34-12-3-6-25(34)29(37)32-15-20-4-2-5-24(30)28(20)31/h2,4-5,9-10,14,16,19,25H,3,6-8,11-13,15,17H2,1H3,(H,32,37)/t25-/m0/s1. The van der Waals surface area contributed by atoms with E-state index in [1.54, 1.807) is 27.8 Å². The Labute approximate surface area is 225 Å². The van der Waals surface area contributed by atoms with Gasteiger partial charge in [-0.2, -0.15) is 0 Å². The predicted octanol–water partition coefficient (Wildman–Crippen LogP) is 5.12. The van der Waals surface area contributed by atoms with Gasteiger partial charge in [-0.3, -0.25) is 14.4 Å². The molecule has 7 nitrogen and oxygen atoms in total. The van der Waals surface area contributed by atoms with Crippen LogP contribution < -0.4 is 10.1 Å². The van der Waals surface area contributed by atoms with Gasteiger partial charge >= 0.3 is 0 Å². The zero-order valence-corrected chi connectivity index (χ0v) is 22.1. The van der Waals surface area contributed by atoms with E-state index < -0.39 is 11.9 Å². The number of Topliss-reactive ketones (excluding diaryl/α,β-unsaturated/α-hetero) is 1. The first kappa shape index (κ1) is 26.2. The molecule has 0 unspecified atom stereocenters. The Morgan fingerprint density at radius 1 is 1.16 bits per heavy atom. The highest BCUT2D eigenvalue weighted by Gasteiger charge is 2.34. The Bertz CT molecular complexity index is 1380. The minimum absolute atomic E-state index is 0.00484. The van der Waals surface area contributed by atoms with Crippen LogP contribution in [0.4, 0.5) is 4.39 Å². The molecule has 2 aliphatic rings. The summed E-state index contributed by atoms with van der Waals surface area (Å²) >= 11 is 5.84. The number of ether oxygens (including phenoxy) is 1. The predicted molar refractivity (Wildman–Crippen MR) is 143 cm³/mol. The van der Waals surface area contributed by atoms with Gasteiger partial charge in [-0.15, -0.1) is 0 Å². The van der Waals surface area contributed by atoms with Gasteiger partial charge in [0.2, 0.25) is 11.8 Å². The number of hydrogen-bond donors (Lipinski definition) is 1. The highest BCUT2D eigenvalue weighted by atomic mass is 35.5. The smallest absolute Gasteiger partial charge is 0.243 e. The third-order valence-corrected chi connectivity index (χ3v) is 7.68. The van der Waals surface area contributed by atoms with Gasteiger partial charge in [0, 0.05) is 41.9 Å². The van der Waals surface area contributed by atoms with E-state index in [2.05, 4.69) is 5.32 Å². The summed E-state index contributed by atoms with van der Waals surface area (Å²) in [5, 5.41) is 3.50. The number of hydrogen-bond acceptors (Lipinski definition) is 4. The van der Waals surface area contributed by atoms with Crippen molar-refractivity contribution in [2.24, 2.45) is 5.92 Å². The van der Waals surface area contributed by atoms with Gasteiger partial charge in [-0.1, -0.05) is 36.6 Å². The number of halogens is 2. The molecule has 0 spiro atoms. The van der Waals surface area contributed by atoms with E-state index in [-0.39, 0.29) is 41.3 Å². The van der Waals surface area contributed by atoms with Gasteiger partial charge in [0.05, 0.1) is 17.1 Å². The number of carbonyl (C=O) groups excluding carboxylic acids is 3. The molecule has 200 valence electrons. The lowest BCUT2D eigenvalue weighted by molar-refractivity contribution is -0.138. The van der Waals surface area contributed by atoms with E-state index in [0.717, 1.165) is 23.2 Å². The maximum absolute atomic E-state index is 14.2. The lowest BCUT2D eigenvalue weighted by Gasteiger charge is -2.24. The SMILES string of the molecule is CC(=O)c1cn(CC(=O)N2CCC[C@H]2C(=O)NCc2cccc(Cl)c2F)c2cc(OCCC3CC3)ccc12. The van der Waals surface area contributed by atoms with Crippen molar-refractivity contribution in [2.75, 3.05) is 13.2 Å². The second-order valence-corrected chi connectivity index (χ2v) is 10.6. The van der Waals surface area contributed by atoms with Gasteiger partial charge in [-0.25, -0.2) is 4.39 Å². The van der Waals surface area contributed by atoms with Gasteiger partial charge in [0.15, 0.2) is 5.78 Å². The number of benzene rings is 2. The van der Waals surface area contributed by atoms with Crippen LogP contribution in [0, 0.1) is 11.7 Å². The van der Waals surface area contributed by atoms with E-state index in [4.69, 9.17) is 16.3 Å². The van der Waals surface area contributed by atoms with Crippen molar-refractivity contribution in [3.63, 3.8) is 0 Å². The van der Waals surface area contributed by atoms with E-state index in [0.29, 0.717) is 37.3 Å². The molecule has 1 N–H and O–H groups in total. The van der Waals surface area contributed by atoms with E-state index in [1.165, 1.54) is 25.8 Å². The van der Waals surface area contributed by atoms with Crippen LogP contribution in [-0.4, -0.2) is 46.3 Å². The van der Waals surface area contributed by atoms with Crippen LogP contribution in [0.1, 0.15) is 54.9 Å². The number of likely N-dealkylation sites (tertiary alicyclic amines) is 1. The molecule has 1 saturated heterocycles. The number of fused-ring (bicyclic) bond motifs is 1. The van der Waals surface area contributed by atoms with Crippen LogP contribution in [-0.2, 0) is 22.7 Å². The zero-order valence-electron chi connectivity index (χ0n) is 21.3. The van der Waals surface area contributed by atoms with Crippen molar-refractivity contribution >= 4 is 40.1 Å². The molecule has 2 fully saturated rings. The number of rotatable bonds is 10. The van der Waals surface area contributed by atoms with Crippen molar-refractivity contribution in [1.29, 1.82) is 0 Å². The molecule has 1 aliphatic heterocycles. The number of nitrogens with one attached hydrogen (secondary N) is 1. The molecular weight excluding hydrogens is 509 g/mol. The van der Waals surface area contributed by atoms with Crippen LogP contribution in [0.15, 0.2) is 42.6 Å². The molecule has 1 aromatic heterocycles. The molecule has 0 radical (unpaired) electrons. The van der Waals surface area contributed by atoms with Crippen molar-refractivity contribution in [3.8, 4) is 5.75 Å². The fourth-order valence-electron chi connectivity index (χ4n) is 5.08. The number of nitrogens with zero attached hydrogens (tertiary/aromatic N) is 2. The largest absolute Gasteiger partial charge is 0.494 e. The minimum atomic E-state index is -0.639. The summed E-state index contributed by atoms with van der Waals surface area (Å²) in [5.74, 6) is 0.263. The zero-order chi connectivity index (χ0) is 26.8.